The molecule has 0 radical (unpaired) electrons. The first kappa shape index (κ1) is 5.54. The van der Waals surface area contributed by atoms with Gasteiger partial charge >= 0.3 is 41.5 Å². The molecule has 0 aromatic heterocycles. The topological polar surface area (TPSA) is 0 Å². The Labute approximate surface area is 42.2 Å². The van der Waals surface area contributed by atoms with Crippen LogP contribution in [0.25, 0.3) is 0 Å². The summed E-state index contributed by atoms with van der Waals surface area (Å²) in [6.45, 7) is 6.81. The molecule has 0 amide bonds. The predicted octanol–water partition coefficient (Wildman–Crippen LogP) is 0.570. The van der Waals surface area contributed by atoms with Crippen LogP contribution in [0.4, 0.5) is 0 Å². The third-order valence-corrected chi connectivity index (χ3v) is 0. The van der Waals surface area contributed by atoms with Crippen LogP contribution in [-0.4, -0.2) is 16.5 Å². The summed E-state index contributed by atoms with van der Waals surface area (Å²) in [6, 6.07) is 0. The van der Waals surface area contributed by atoms with Crippen molar-refractivity contribution in [2.45, 2.75) is 25.0 Å². The zero-order valence-electron chi connectivity index (χ0n) is 4.50. The van der Waals surface area contributed by atoms with E-state index in [9.17, 15) is 0 Å². The van der Waals surface area contributed by atoms with Gasteiger partial charge in [0.05, 0.1) is 0 Å². The Morgan fingerprint density at radius 3 is 1.20 bits per heavy atom. The molecule has 0 aromatic rings. The van der Waals surface area contributed by atoms with Gasteiger partial charge in [0.15, 0.2) is 0 Å². The molecule has 0 aliphatic heterocycles. The van der Waals surface area contributed by atoms with Crippen LogP contribution in [0, 0.1) is 0 Å². The SMILES string of the molecule is C[C](C)(C)[GeH3]. The van der Waals surface area contributed by atoms with Gasteiger partial charge in [0.1, 0.15) is 0 Å². The quantitative estimate of drug-likeness (QED) is 0.423. The van der Waals surface area contributed by atoms with E-state index >= 15 is 0 Å². The second-order valence-electron chi connectivity index (χ2n) is 3.00. The molecule has 32 valence electrons. The van der Waals surface area contributed by atoms with Gasteiger partial charge in [-0.15, -0.1) is 0 Å². The van der Waals surface area contributed by atoms with Gasteiger partial charge < -0.3 is 0 Å². The van der Waals surface area contributed by atoms with Crippen LogP contribution in [0.15, 0.2) is 0 Å². The van der Waals surface area contributed by atoms with Gasteiger partial charge in [-0.05, 0) is 0 Å². The molecule has 0 N–H and O–H groups in total. The molecule has 0 fully saturated rings. The molecule has 0 unspecified atom stereocenters. The zero-order valence-corrected chi connectivity index (χ0v) is 8.70. The molecule has 0 saturated heterocycles. The van der Waals surface area contributed by atoms with Gasteiger partial charge in [-0.1, -0.05) is 0 Å². The summed E-state index contributed by atoms with van der Waals surface area (Å²) >= 11 is 1.00. The van der Waals surface area contributed by atoms with E-state index < -0.39 is 0 Å². The summed E-state index contributed by atoms with van der Waals surface area (Å²) < 4.78 is 0.688. The van der Waals surface area contributed by atoms with Crippen molar-refractivity contribution in [2.24, 2.45) is 0 Å². The Morgan fingerprint density at radius 2 is 1.20 bits per heavy atom. The molecule has 0 spiro atoms. The summed E-state index contributed by atoms with van der Waals surface area (Å²) in [5.41, 5.74) is 0. The minimum atomic E-state index is 0.688. The first-order valence-electron chi connectivity index (χ1n) is 2.00. The van der Waals surface area contributed by atoms with Crippen LogP contribution in [-0.2, 0) is 0 Å². The van der Waals surface area contributed by atoms with E-state index in [1.54, 1.807) is 0 Å². The van der Waals surface area contributed by atoms with E-state index in [4.69, 9.17) is 0 Å². The molecular formula is C4H12Ge. The van der Waals surface area contributed by atoms with Crippen molar-refractivity contribution in [3.05, 3.63) is 0 Å². The Hall–Kier alpha value is 0.543. The van der Waals surface area contributed by atoms with E-state index in [0.717, 1.165) is 16.5 Å². The molecule has 0 nitrogen and oxygen atoms in total. The van der Waals surface area contributed by atoms with Crippen molar-refractivity contribution < 1.29 is 0 Å². The molecule has 0 aliphatic carbocycles. The molecule has 0 heterocycles. The van der Waals surface area contributed by atoms with Gasteiger partial charge in [0, 0.05) is 0 Å². The van der Waals surface area contributed by atoms with Crippen LogP contribution in [0.3, 0.4) is 0 Å². The first-order valence-corrected chi connectivity index (χ1v) is 4.10. The fourth-order valence-corrected chi connectivity index (χ4v) is 0. The summed E-state index contributed by atoms with van der Waals surface area (Å²) in [7, 11) is 0. The van der Waals surface area contributed by atoms with Crippen LogP contribution in [0.5, 0.6) is 0 Å². The third-order valence-electron chi connectivity index (χ3n) is 0. The van der Waals surface area contributed by atoms with Gasteiger partial charge in [-0.25, -0.2) is 0 Å². The van der Waals surface area contributed by atoms with Crippen LogP contribution >= 0.6 is 0 Å². The average molecular weight is 133 g/mol. The van der Waals surface area contributed by atoms with E-state index in [1.807, 2.05) is 0 Å². The normalized spacial score (nSPS) is 12.6. The Kier molecular flexibility index (Phi) is 1.48. The Balaban J connectivity index is 3.02. The molecule has 1 heteroatoms. The van der Waals surface area contributed by atoms with E-state index in [2.05, 4.69) is 20.8 Å². The van der Waals surface area contributed by atoms with Crippen molar-refractivity contribution in [3.8, 4) is 0 Å². The van der Waals surface area contributed by atoms with Gasteiger partial charge in [0.25, 0.3) is 0 Å². The number of rotatable bonds is 0. The maximum absolute atomic E-state index is 2.27. The summed E-state index contributed by atoms with van der Waals surface area (Å²) in [4.78, 5) is 0. The van der Waals surface area contributed by atoms with E-state index in [-0.39, 0.29) is 0 Å². The molecule has 0 rings (SSSR count). The molecule has 0 aliphatic rings. The molecular weight excluding hydrogens is 121 g/mol. The summed E-state index contributed by atoms with van der Waals surface area (Å²) in [5.74, 6) is 0. The fourth-order valence-electron chi connectivity index (χ4n) is 0. The van der Waals surface area contributed by atoms with Crippen LogP contribution < -0.4 is 0 Å². The van der Waals surface area contributed by atoms with Gasteiger partial charge in [-0.3, -0.25) is 0 Å². The summed E-state index contributed by atoms with van der Waals surface area (Å²) in [6.07, 6.45) is 0. The Morgan fingerprint density at radius 1 is 1.20 bits per heavy atom. The van der Waals surface area contributed by atoms with Crippen molar-refractivity contribution in [2.75, 3.05) is 0 Å². The summed E-state index contributed by atoms with van der Waals surface area (Å²) in [5, 5.41) is 0. The van der Waals surface area contributed by atoms with E-state index in [0.29, 0.717) is 4.25 Å². The first-order chi connectivity index (χ1) is 2.00. The van der Waals surface area contributed by atoms with Crippen LogP contribution in [0.2, 0.25) is 4.25 Å². The minimum absolute atomic E-state index is 0.688. The Bertz CT molecular complexity index is 19.1. The average Bonchev–Trinajstić information content (AvgIpc) is 0.722. The second-order valence-corrected chi connectivity index (χ2v) is 9.29. The van der Waals surface area contributed by atoms with Crippen molar-refractivity contribution in [3.63, 3.8) is 0 Å². The number of hydrogen-bond donors (Lipinski definition) is 0. The predicted molar refractivity (Wildman–Crippen MR) is 29.7 cm³/mol. The maximum atomic E-state index is 2.27. The third kappa shape index (κ3) is 99.7. The monoisotopic (exact) mass is 134 g/mol. The second kappa shape index (κ2) is 1.33. The van der Waals surface area contributed by atoms with Gasteiger partial charge in [0.2, 0.25) is 0 Å². The number of hydrogen-bond acceptors (Lipinski definition) is 0. The standard InChI is InChI=1S/C4H12Ge/c1-4(2,3)5/h1-3,5H3. The molecule has 0 aromatic carbocycles. The van der Waals surface area contributed by atoms with Crippen molar-refractivity contribution in [1.82, 2.24) is 0 Å². The van der Waals surface area contributed by atoms with Crippen molar-refractivity contribution >= 4 is 16.5 Å². The van der Waals surface area contributed by atoms with Crippen LogP contribution in [0.1, 0.15) is 20.8 Å². The zero-order chi connectivity index (χ0) is 4.50. The molecule has 0 atom stereocenters. The van der Waals surface area contributed by atoms with Gasteiger partial charge in [-0.2, -0.15) is 0 Å². The molecule has 5 heavy (non-hydrogen) atoms. The fraction of sp³-hybridized carbons (Fsp3) is 1.00. The molecule has 0 saturated carbocycles. The van der Waals surface area contributed by atoms with E-state index in [1.165, 1.54) is 0 Å². The van der Waals surface area contributed by atoms with Crippen molar-refractivity contribution in [1.29, 1.82) is 0 Å². The molecule has 0 bridgehead atoms.